The van der Waals surface area contributed by atoms with Crippen molar-refractivity contribution in [1.29, 1.82) is 5.26 Å². The molecule has 1 amide bonds. The van der Waals surface area contributed by atoms with E-state index in [1.807, 2.05) is 45.0 Å². The largest absolute Gasteiger partial charge is 0.484 e. The van der Waals surface area contributed by atoms with Crippen LogP contribution in [0.2, 0.25) is 0 Å². The van der Waals surface area contributed by atoms with Crippen molar-refractivity contribution >= 4 is 5.91 Å². The molecule has 0 aliphatic heterocycles. The van der Waals surface area contributed by atoms with Gasteiger partial charge in [0.2, 0.25) is 0 Å². The molecule has 1 aromatic carbocycles. The zero-order chi connectivity index (χ0) is 14.5. The number of benzene rings is 1. The Labute approximate surface area is 114 Å². The first-order valence-electron chi connectivity index (χ1n) is 6.29. The Balaban J connectivity index is 2.58. The third-order valence-corrected chi connectivity index (χ3v) is 3.24. The number of carbonyl (C=O) groups is 1. The van der Waals surface area contributed by atoms with E-state index in [9.17, 15) is 4.79 Å². The van der Waals surface area contributed by atoms with Gasteiger partial charge in [-0.3, -0.25) is 4.79 Å². The van der Waals surface area contributed by atoms with E-state index in [0.29, 0.717) is 5.75 Å². The molecule has 0 aromatic heterocycles. The third-order valence-electron chi connectivity index (χ3n) is 3.24. The molecule has 0 aliphatic rings. The molecule has 0 spiro atoms. The van der Waals surface area contributed by atoms with Crippen molar-refractivity contribution in [2.24, 2.45) is 5.92 Å². The summed E-state index contributed by atoms with van der Waals surface area (Å²) in [6.07, 6.45) is 0. The first-order valence-corrected chi connectivity index (χ1v) is 6.29. The molecule has 0 aliphatic carbocycles. The number of nitriles is 1. The summed E-state index contributed by atoms with van der Waals surface area (Å²) >= 11 is 0. The number of nitrogens with one attached hydrogen (secondary N) is 1. The van der Waals surface area contributed by atoms with Gasteiger partial charge >= 0.3 is 0 Å². The van der Waals surface area contributed by atoms with Crippen LogP contribution in [0, 0.1) is 24.2 Å². The lowest BCUT2D eigenvalue weighted by molar-refractivity contribution is -0.124. The summed E-state index contributed by atoms with van der Waals surface area (Å²) in [7, 11) is 0. The van der Waals surface area contributed by atoms with Gasteiger partial charge < -0.3 is 10.1 Å². The highest BCUT2D eigenvalue weighted by molar-refractivity contribution is 5.78. The van der Waals surface area contributed by atoms with Crippen LogP contribution >= 0.6 is 0 Å². The summed E-state index contributed by atoms with van der Waals surface area (Å²) < 4.78 is 5.45. The molecule has 0 heterocycles. The zero-order valence-corrected chi connectivity index (χ0v) is 11.9. The van der Waals surface area contributed by atoms with Gasteiger partial charge in [-0.15, -0.1) is 0 Å². The van der Waals surface area contributed by atoms with Crippen LogP contribution in [0.5, 0.6) is 5.75 Å². The molecule has 0 radical (unpaired) electrons. The van der Waals surface area contributed by atoms with E-state index < -0.39 is 5.54 Å². The summed E-state index contributed by atoms with van der Waals surface area (Å²) in [6.45, 7) is 7.33. The van der Waals surface area contributed by atoms with E-state index >= 15 is 0 Å². The predicted octanol–water partition coefficient (Wildman–Crippen LogP) is 2.43. The fraction of sp³-hybridized carbons (Fsp3) is 0.467. The van der Waals surface area contributed by atoms with Crippen LogP contribution in [0.3, 0.4) is 0 Å². The monoisotopic (exact) mass is 260 g/mol. The molecule has 1 N–H and O–H groups in total. The SMILES string of the molecule is Cc1ccccc1OCC(=O)N[C@](C)(C#N)C(C)C. The van der Waals surface area contributed by atoms with Crippen molar-refractivity contribution in [3.63, 3.8) is 0 Å². The fourth-order valence-corrected chi connectivity index (χ4v) is 1.49. The Kier molecular flexibility index (Phi) is 4.94. The van der Waals surface area contributed by atoms with Crippen molar-refractivity contribution < 1.29 is 9.53 Å². The molecule has 0 saturated carbocycles. The average molecular weight is 260 g/mol. The number of para-hydroxylation sites is 1. The molecule has 0 fully saturated rings. The molecule has 1 aromatic rings. The normalized spacial score (nSPS) is 13.5. The first-order chi connectivity index (χ1) is 8.89. The second kappa shape index (κ2) is 6.24. The fourth-order valence-electron chi connectivity index (χ4n) is 1.49. The van der Waals surface area contributed by atoms with Crippen LogP contribution in [0.4, 0.5) is 0 Å². The van der Waals surface area contributed by atoms with Gasteiger partial charge in [-0.05, 0) is 31.4 Å². The third kappa shape index (κ3) is 3.99. The van der Waals surface area contributed by atoms with Gasteiger partial charge in [0, 0.05) is 0 Å². The molecule has 19 heavy (non-hydrogen) atoms. The number of ether oxygens (including phenoxy) is 1. The Morgan fingerprint density at radius 1 is 1.47 bits per heavy atom. The smallest absolute Gasteiger partial charge is 0.259 e. The summed E-state index contributed by atoms with van der Waals surface area (Å²) in [5, 5.41) is 11.8. The number of rotatable bonds is 5. The van der Waals surface area contributed by atoms with Crippen LogP contribution < -0.4 is 10.1 Å². The highest BCUT2D eigenvalue weighted by Gasteiger charge is 2.29. The Bertz CT molecular complexity index is 491. The summed E-state index contributed by atoms with van der Waals surface area (Å²) in [4.78, 5) is 11.8. The number of carbonyl (C=O) groups excluding carboxylic acids is 1. The highest BCUT2D eigenvalue weighted by atomic mass is 16.5. The van der Waals surface area contributed by atoms with Gasteiger partial charge in [-0.2, -0.15) is 5.26 Å². The number of nitrogens with zero attached hydrogens (tertiary/aromatic N) is 1. The maximum atomic E-state index is 11.8. The number of hydrogen-bond donors (Lipinski definition) is 1. The highest BCUT2D eigenvalue weighted by Crippen LogP contribution is 2.17. The minimum absolute atomic E-state index is 0.0277. The van der Waals surface area contributed by atoms with Gasteiger partial charge in [0.05, 0.1) is 6.07 Å². The van der Waals surface area contributed by atoms with Crippen LogP contribution in [0.15, 0.2) is 24.3 Å². The van der Waals surface area contributed by atoms with Crippen molar-refractivity contribution in [1.82, 2.24) is 5.32 Å². The van der Waals surface area contributed by atoms with Gasteiger partial charge in [0.1, 0.15) is 11.3 Å². The van der Waals surface area contributed by atoms with E-state index in [2.05, 4.69) is 11.4 Å². The number of amides is 1. The molecule has 0 bridgehead atoms. The predicted molar refractivity (Wildman–Crippen MR) is 73.7 cm³/mol. The van der Waals surface area contributed by atoms with Crippen molar-refractivity contribution in [2.75, 3.05) is 6.61 Å². The van der Waals surface area contributed by atoms with Gasteiger partial charge in [0.15, 0.2) is 6.61 Å². The van der Waals surface area contributed by atoms with Crippen molar-refractivity contribution in [3.05, 3.63) is 29.8 Å². The second-order valence-corrected chi connectivity index (χ2v) is 5.07. The average Bonchev–Trinajstić information content (AvgIpc) is 2.37. The lowest BCUT2D eigenvalue weighted by Crippen LogP contribution is -2.50. The second-order valence-electron chi connectivity index (χ2n) is 5.07. The van der Waals surface area contributed by atoms with E-state index in [-0.39, 0.29) is 18.4 Å². The molecule has 4 heteroatoms. The summed E-state index contributed by atoms with van der Waals surface area (Å²) in [5.41, 5.74) is 0.105. The van der Waals surface area contributed by atoms with Crippen molar-refractivity contribution in [2.45, 2.75) is 33.2 Å². The van der Waals surface area contributed by atoms with E-state index in [4.69, 9.17) is 10.00 Å². The first kappa shape index (κ1) is 15.0. The van der Waals surface area contributed by atoms with E-state index in [1.54, 1.807) is 6.92 Å². The molecule has 0 saturated heterocycles. The van der Waals surface area contributed by atoms with Gasteiger partial charge in [-0.1, -0.05) is 32.0 Å². The number of aryl methyl sites for hydroxylation is 1. The summed E-state index contributed by atoms with van der Waals surface area (Å²) in [6, 6.07) is 9.63. The molecule has 1 atom stereocenters. The number of hydrogen-bond acceptors (Lipinski definition) is 3. The molecule has 102 valence electrons. The standard InChI is InChI=1S/C15H20N2O2/c1-11(2)15(4,10-16)17-14(18)9-19-13-8-6-5-7-12(13)3/h5-8,11H,9H2,1-4H3,(H,17,18)/t15-/m1/s1. The van der Waals surface area contributed by atoms with Crippen LogP contribution in [0.25, 0.3) is 0 Å². The van der Waals surface area contributed by atoms with Gasteiger partial charge in [-0.25, -0.2) is 0 Å². The lowest BCUT2D eigenvalue weighted by atomic mass is 9.90. The maximum Gasteiger partial charge on any atom is 0.259 e. The topological polar surface area (TPSA) is 62.1 Å². The maximum absolute atomic E-state index is 11.8. The lowest BCUT2D eigenvalue weighted by Gasteiger charge is -2.27. The molecule has 0 unspecified atom stereocenters. The van der Waals surface area contributed by atoms with E-state index in [0.717, 1.165) is 5.56 Å². The van der Waals surface area contributed by atoms with E-state index in [1.165, 1.54) is 0 Å². The molecule has 1 rings (SSSR count). The van der Waals surface area contributed by atoms with Crippen LogP contribution in [-0.2, 0) is 4.79 Å². The Hall–Kier alpha value is -2.02. The van der Waals surface area contributed by atoms with Crippen LogP contribution in [0.1, 0.15) is 26.3 Å². The minimum Gasteiger partial charge on any atom is -0.484 e. The Morgan fingerprint density at radius 2 is 2.11 bits per heavy atom. The zero-order valence-electron chi connectivity index (χ0n) is 11.9. The van der Waals surface area contributed by atoms with Gasteiger partial charge in [0.25, 0.3) is 5.91 Å². The van der Waals surface area contributed by atoms with Crippen molar-refractivity contribution in [3.8, 4) is 11.8 Å². The molecular weight excluding hydrogens is 240 g/mol. The molecule has 4 nitrogen and oxygen atoms in total. The quantitative estimate of drug-likeness (QED) is 0.884. The van der Waals surface area contributed by atoms with Crippen LogP contribution in [-0.4, -0.2) is 18.1 Å². The summed E-state index contributed by atoms with van der Waals surface area (Å²) in [5.74, 6) is 0.418. The minimum atomic E-state index is -0.869. The Morgan fingerprint density at radius 3 is 2.63 bits per heavy atom. The molecular formula is C15H20N2O2.